The van der Waals surface area contributed by atoms with Crippen molar-refractivity contribution < 1.29 is 9.53 Å². The summed E-state index contributed by atoms with van der Waals surface area (Å²) in [5, 5.41) is 6.08. The predicted molar refractivity (Wildman–Crippen MR) is 68.1 cm³/mol. The fraction of sp³-hybridized carbons (Fsp3) is 0.462. The normalized spacial score (nSPS) is 11.9. The Kier molecular flexibility index (Phi) is 5.49. The molecule has 0 aliphatic rings. The number of rotatable bonds is 6. The van der Waals surface area contributed by atoms with Crippen LogP contribution in [0.4, 0.5) is 0 Å². The standard InChI is InChI=1S/C13H20N2O2/c1-10(14-7-8-15-11(2)16)12-5-4-6-13(9-12)17-3/h4-6,9-10,14H,7-8H2,1-3H3,(H,15,16)/t10-/m1/s1. The minimum absolute atomic E-state index is 0.000772. The minimum atomic E-state index is 0.000772. The number of nitrogens with one attached hydrogen (secondary N) is 2. The Hall–Kier alpha value is -1.55. The molecule has 4 heteroatoms. The molecule has 0 unspecified atom stereocenters. The van der Waals surface area contributed by atoms with Crippen molar-refractivity contribution in [1.29, 1.82) is 0 Å². The molecule has 0 heterocycles. The summed E-state index contributed by atoms with van der Waals surface area (Å²) in [5.41, 5.74) is 1.17. The van der Waals surface area contributed by atoms with E-state index in [1.165, 1.54) is 12.5 Å². The molecule has 0 fully saturated rings. The SMILES string of the molecule is COc1cccc([C@@H](C)NCCNC(C)=O)c1. The summed E-state index contributed by atoms with van der Waals surface area (Å²) in [6.07, 6.45) is 0. The van der Waals surface area contributed by atoms with E-state index in [4.69, 9.17) is 4.74 Å². The van der Waals surface area contributed by atoms with E-state index in [2.05, 4.69) is 23.6 Å². The number of methoxy groups -OCH3 is 1. The highest BCUT2D eigenvalue weighted by atomic mass is 16.5. The molecular weight excluding hydrogens is 216 g/mol. The van der Waals surface area contributed by atoms with E-state index in [0.29, 0.717) is 6.54 Å². The molecule has 1 aromatic rings. The lowest BCUT2D eigenvalue weighted by atomic mass is 10.1. The van der Waals surface area contributed by atoms with E-state index in [-0.39, 0.29) is 11.9 Å². The van der Waals surface area contributed by atoms with Crippen molar-refractivity contribution in [2.75, 3.05) is 20.2 Å². The Morgan fingerprint density at radius 1 is 1.41 bits per heavy atom. The van der Waals surface area contributed by atoms with Gasteiger partial charge in [-0.3, -0.25) is 4.79 Å². The van der Waals surface area contributed by atoms with E-state index in [9.17, 15) is 4.79 Å². The van der Waals surface area contributed by atoms with Gasteiger partial charge >= 0.3 is 0 Å². The van der Waals surface area contributed by atoms with Gasteiger partial charge in [0.25, 0.3) is 0 Å². The van der Waals surface area contributed by atoms with Crippen LogP contribution in [-0.4, -0.2) is 26.1 Å². The first-order chi connectivity index (χ1) is 8.13. The van der Waals surface area contributed by atoms with Gasteiger partial charge in [-0.05, 0) is 24.6 Å². The molecule has 0 aliphatic heterocycles. The van der Waals surface area contributed by atoms with Crippen LogP contribution in [0.1, 0.15) is 25.5 Å². The molecule has 0 radical (unpaired) electrons. The van der Waals surface area contributed by atoms with Crippen molar-refractivity contribution >= 4 is 5.91 Å². The summed E-state index contributed by atoms with van der Waals surface area (Å²) in [7, 11) is 1.66. The highest BCUT2D eigenvalue weighted by molar-refractivity contribution is 5.72. The smallest absolute Gasteiger partial charge is 0.216 e. The second-order valence-electron chi connectivity index (χ2n) is 3.94. The van der Waals surface area contributed by atoms with Gasteiger partial charge in [-0.25, -0.2) is 0 Å². The topological polar surface area (TPSA) is 50.4 Å². The maximum Gasteiger partial charge on any atom is 0.216 e. The third-order valence-electron chi connectivity index (χ3n) is 2.54. The molecule has 2 N–H and O–H groups in total. The number of ether oxygens (including phenoxy) is 1. The molecule has 4 nitrogen and oxygen atoms in total. The van der Waals surface area contributed by atoms with Crippen molar-refractivity contribution in [1.82, 2.24) is 10.6 Å². The fourth-order valence-corrected chi connectivity index (χ4v) is 1.56. The molecule has 1 rings (SSSR count). The van der Waals surface area contributed by atoms with Gasteiger partial charge in [-0.1, -0.05) is 12.1 Å². The van der Waals surface area contributed by atoms with Crippen molar-refractivity contribution in [3.63, 3.8) is 0 Å². The molecular formula is C13H20N2O2. The van der Waals surface area contributed by atoms with Crippen LogP contribution in [0.5, 0.6) is 5.75 Å². The summed E-state index contributed by atoms with van der Waals surface area (Å²) >= 11 is 0. The number of carbonyl (C=O) groups excluding carboxylic acids is 1. The van der Waals surface area contributed by atoms with Crippen molar-refractivity contribution in [3.05, 3.63) is 29.8 Å². The average Bonchev–Trinajstić information content (AvgIpc) is 2.34. The molecule has 0 aliphatic carbocycles. The highest BCUT2D eigenvalue weighted by Crippen LogP contribution is 2.18. The molecule has 1 aromatic carbocycles. The molecule has 0 spiro atoms. The number of benzene rings is 1. The third kappa shape index (κ3) is 4.87. The molecule has 0 bridgehead atoms. The lowest BCUT2D eigenvalue weighted by molar-refractivity contribution is -0.118. The monoisotopic (exact) mass is 236 g/mol. The van der Waals surface area contributed by atoms with E-state index >= 15 is 0 Å². The van der Waals surface area contributed by atoms with Crippen molar-refractivity contribution in [2.45, 2.75) is 19.9 Å². The summed E-state index contributed by atoms with van der Waals surface area (Å²) in [6, 6.07) is 8.20. The molecule has 1 amide bonds. The van der Waals surface area contributed by atoms with Crippen LogP contribution >= 0.6 is 0 Å². The minimum Gasteiger partial charge on any atom is -0.497 e. The van der Waals surface area contributed by atoms with Crippen LogP contribution in [0.25, 0.3) is 0 Å². The largest absolute Gasteiger partial charge is 0.497 e. The average molecular weight is 236 g/mol. The number of hydrogen-bond acceptors (Lipinski definition) is 3. The molecule has 0 saturated carbocycles. The second-order valence-corrected chi connectivity index (χ2v) is 3.94. The quantitative estimate of drug-likeness (QED) is 0.736. The first kappa shape index (κ1) is 13.5. The molecule has 0 saturated heterocycles. The maximum absolute atomic E-state index is 10.7. The van der Waals surface area contributed by atoms with Gasteiger partial charge in [0, 0.05) is 26.1 Å². The zero-order valence-electron chi connectivity index (χ0n) is 10.6. The van der Waals surface area contributed by atoms with Crippen LogP contribution in [-0.2, 0) is 4.79 Å². The Balaban J connectivity index is 2.40. The van der Waals surface area contributed by atoms with E-state index < -0.39 is 0 Å². The van der Waals surface area contributed by atoms with Gasteiger partial charge in [-0.15, -0.1) is 0 Å². The van der Waals surface area contributed by atoms with Gasteiger partial charge in [-0.2, -0.15) is 0 Å². The summed E-state index contributed by atoms with van der Waals surface area (Å²) in [5.74, 6) is 0.860. The Labute approximate surface area is 102 Å². The molecule has 17 heavy (non-hydrogen) atoms. The van der Waals surface area contributed by atoms with Crippen LogP contribution < -0.4 is 15.4 Å². The predicted octanol–water partition coefficient (Wildman–Crippen LogP) is 1.48. The maximum atomic E-state index is 10.7. The number of carbonyl (C=O) groups is 1. The highest BCUT2D eigenvalue weighted by Gasteiger charge is 2.05. The first-order valence-corrected chi connectivity index (χ1v) is 5.75. The van der Waals surface area contributed by atoms with Crippen molar-refractivity contribution in [2.24, 2.45) is 0 Å². The second kappa shape index (κ2) is 6.91. The van der Waals surface area contributed by atoms with Crippen LogP contribution in [0, 0.1) is 0 Å². The lowest BCUT2D eigenvalue weighted by Gasteiger charge is -2.15. The van der Waals surface area contributed by atoms with Gasteiger partial charge in [0.15, 0.2) is 0 Å². The molecule has 94 valence electrons. The third-order valence-corrected chi connectivity index (χ3v) is 2.54. The van der Waals surface area contributed by atoms with Gasteiger partial charge < -0.3 is 15.4 Å². The van der Waals surface area contributed by atoms with Crippen molar-refractivity contribution in [3.8, 4) is 5.75 Å². The molecule has 0 aromatic heterocycles. The van der Waals surface area contributed by atoms with E-state index in [1.807, 2.05) is 18.2 Å². The fourth-order valence-electron chi connectivity index (χ4n) is 1.56. The van der Waals surface area contributed by atoms with Gasteiger partial charge in [0.2, 0.25) is 5.91 Å². The summed E-state index contributed by atoms with van der Waals surface area (Å²) in [6.45, 7) is 5.00. The van der Waals surface area contributed by atoms with Crippen LogP contribution in [0.15, 0.2) is 24.3 Å². The summed E-state index contributed by atoms with van der Waals surface area (Å²) in [4.78, 5) is 10.7. The summed E-state index contributed by atoms with van der Waals surface area (Å²) < 4.78 is 5.18. The zero-order valence-corrected chi connectivity index (χ0v) is 10.6. The lowest BCUT2D eigenvalue weighted by Crippen LogP contribution is -2.31. The Morgan fingerprint density at radius 3 is 2.82 bits per heavy atom. The van der Waals surface area contributed by atoms with E-state index in [1.54, 1.807) is 7.11 Å². The first-order valence-electron chi connectivity index (χ1n) is 5.75. The number of amides is 1. The van der Waals surface area contributed by atoms with Crippen LogP contribution in [0.3, 0.4) is 0 Å². The zero-order chi connectivity index (χ0) is 12.7. The Morgan fingerprint density at radius 2 is 2.18 bits per heavy atom. The van der Waals surface area contributed by atoms with Gasteiger partial charge in [0.1, 0.15) is 5.75 Å². The van der Waals surface area contributed by atoms with E-state index in [0.717, 1.165) is 12.3 Å². The van der Waals surface area contributed by atoms with Gasteiger partial charge in [0.05, 0.1) is 7.11 Å². The van der Waals surface area contributed by atoms with Crippen LogP contribution in [0.2, 0.25) is 0 Å². The Bertz CT molecular complexity index is 366. The molecule has 1 atom stereocenters. The number of hydrogen-bond donors (Lipinski definition) is 2.